The molecule has 0 saturated heterocycles. The van der Waals surface area contributed by atoms with E-state index in [2.05, 4.69) is 42.5 Å². The molecule has 1 heterocycles. The average Bonchev–Trinajstić information content (AvgIpc) is 2.64. The van der Waals surface area contributed by atoms with E-state index in [1.807, 2.05) is 0 Å². The molecule has 1 aromatic heterocycles. The second kappa shape index (κ2) is 3.48. The van der Waals surface area contributed by atoms with Crippen LogP contribution in [0.2, 0.25) is 0 Å². The molecule has 2 rings (SSSR count). The van der Waals surface area contributed by atoms with Crippen molar-refractivity contribution in [3.63, 3.8) is 0 Å². The van der Waals surface area contributed by atoms with E-state index in [9.17, 15) is 0 Å². The van der Waals surface area contributed by atoms with Gasteiger partial charge >= 0.3 is 0 Å². The molecule has 84 valence electrons. The lowest BCUT2D eigenvalue weighted by Gasteiger charge is -2.13. The summed E-state index contributed by atoms with van der Waals surface area (Å²) < 4.78 is 2.19. The summed E-state index contributed by atoms with van der Waals surface area (Å²) in [5.41, 5.74) is 0.392. The minimum absolute atomic E-state index is 0.389. The van der Waals surface area contributed by atoms with Crippen molar-refractivity contribution in [3.05, 3.63) is 11.6 Å². The molecule has 0 amide bonds. The van der Waals surface area contributed by atoms with Crippen molar-refractivity contribution in [1.82, 2.24) is 14.8 Å². The maximum Gasteiger partial charge on any atom is 0.148 e. The van der Waals surface area contributed by atoms with Crippen molar-refractivity contribution >= 4 is 11.6 Å². The fourth-order valence-electron chi connectivity index (χ4n) is 2.14. The molecule has 15 heavy (non-hydrogen) atoms. The summed E-state index contributed by atoms with van der Waals surface area (Å²) in [6.45, 7) is 8.85. The molecular weight excluding hydrogens is 210 g/mol. The molecule has 0 radical (unpaired) electrons. The molecule has 0 bridgehead atoms. The molecule has 0 N–H and O–H groups in total. The number of alkyl halides is 1. The third kappa shape index (κ3) is 1.78. The van der Waals surface area contributed by atoms with E-state index in [0.717, 1.165) is 11.6 Å². The highest BCUT2D eigenvalue weighted by atomic mass is 35.5. The standard InChI is InChI=1S/C11H18ClN3/c1-7(2)15-9(6-12)13-14-10(15)8-5-11(8,3)4/h7-8H,5-6H2,1-4H3. The second-order valence-corrected chi connectivity index (χ2v) is 5.58. The zero-order chi connectivity index (χ0) is 11.2. The first-order valence-corrected chi connectivity index (χ1v) is 6.00. The number of hydrogen-bond acceptors (Lipinski definition) is 2. The van der Waals surface area contributed by atoms with Gasteiger partial charge in [-0.3, -0.25) is 0 Å². The van der Waals surface area contributed by atoms with Crippen LogP contribution in [-0.4, -0.2) is 14.8 Å². The number of halogens is 1. The van der Waals surface area contributed by atoms with Crippen LogP contribution < -0.4 is 0 Å². The van der Waals surface area contributed by atoms with E-state index in [0.29, 0.717) is 23.3 Å². The van der Waals surface area contributed by atoms with Crippen LogP contribution in [0.3, 0.4) is 0 Å². The minimum atomic E-state index is 0.389. The molecule has 0 aromatic carbocycles. The summed E-state index contributed by atoms with van der Waals surface area (Å²) in [7, 11) is 0. The molecule has 1 aliphatic carbocycles. The lowest BCUT2D eigenvalue weighted by molar-refractivity contribution is 0.526. The SMILES string of the molecule is CC(C)n1c(CCl)nnc1C1CC1(C)C. The molecule has 4 heteroatoms. The van der Waals surface area contributed by atoms with Crippen LogP contribution in [-0.2, 0) is 5.88 Å². The largest absolute Gasteiger partial charge is 0.311 e. The third-order valence-electron chi connectivity index (χ3n) is 3.25. The normalized spacial score (nSPS) is 23.5. The van der Waals surface area contributed by atoms with Crippen molar-refractivity contribution < 1.29 is 0 Å². The number of rotatable bonds is 3. The molecule has 1 aliphatic rings. The summed E-state index contributed by atoms with van der Waals surface area (Å²) in [4.78, 5) is 0. The number of nitrogens with zero attached hydrogens (tertiary/aromatic N) is 3. The van der Waals surface area contributed by atoms with Gasteiger partial charge in [0.15, 0.2) is 0 Å². The van der Waals surface area contributed by atoms with Crippen LogP contribution in [0.25, 0.3) is 0 Å². The van der Waals surface area contributed by atoms with Crippen LogP contribution in [0.4, 0.5) is 0 Å². The zero-order valence-electron chi connectivity index (χ0n) is 9.79. The first kappa shape index (κ1) is 10.9. The van der Waals surface area contributed by atoms with Crippen LogP contribution >= 0.6 is 11.6 Å². The molecule has 0 aliphatic heterocycles. The van der Waals surface area contributed by atoms with Crippen molar-refractivity contribution in [2.24, 2.45) is 5.41 Å². The topological polar surface area (TPSA) is 30.7 Å². The summed E-state index contributed by atoms with van der Waals surface area (Å²) in [5, 5.41) is 8.46. The van der Waals surface area contributed by atoms with Gasteiger partial charge < -0.3 is 4.57 Å². The fourth-order valence-corrected chi connectivity index (χ4v) is 2.32. The Morgan fingerprint density at radius 3 is 2.47 bits per heavy atom. The highest BCUT2D eigenvalue weighted by Gasteiger charge is 2.49. The first-order valence-electron chi connectivity index (χ1n) is 5.47. The summed E-state index contributed by atoms with van der Waals surface area (Å²) in [6.07, 6.45) is 1.21. The highest BCUT2D eigenvalue weighted by Crippen LogP contribution is 2.58. The van der Waals surface area contributed by atoms with Crippen molar-refractivity contribution in [3.8, 4) is 0 Å². The van der Waals surface area contributed by atoms with Gasteiger partial charge in [-0.05, 0) is 25.7 Å². The van der Waals surface area contributed by atoms with Crippen molar-refractivity contribution in [1.29, 1.82) is 0 Å². The fraction of sp³-hybridized carbons (Fsp3) is 0.818. The van der Waals surface area contributed by atoms with Crippen LogP contribution in [0, 0.1) is 5.41 Å². The molecule has 1 unspecified atom stereocenters. The average molecular weight is 228 g/mol. The van der Waals surface area contributed by atoms with Crippen LogP contribution in [0.5, 0.6) is 0 Å². The van der Waals surface area contributed by atoms with Gasteiger partial charge in [-0.15, -0.1) is 21.8 Å². The molecule has 1 aromatic rings. The molecule has 1 saturated carbocycles. The predicted octanol–water partition coefficient (Wildman–Crippen LogP) is 3.11. The van der Waals surface area contributed by atoms with Crippen LogP contribution in [0.1, 0.15) is 57.7 Å². The Kier molecular flexibility index (Phi) is 2.53. The van der Waals surface area contributed by atoms with E-state index >= 15 is 0 Å². The quantitative estimate of drug-likeness (QED) is 0.743. The summed E-state index contributed by atoms with van der Waals surface area (Å²) in [6, 6.07) is 0.389. The Morgan fingerprint density at radius 1 is 1.47 bits per heavy atom. The van der Waals surface area contributed by atoms with Gasteiger partial charge in [0.2, 0.25) is 0 Å². The Labute approximate surface area is 95.8 Å². The molecular formula is C11H18ClN3. The lowest BCUT2D eigenvalue weighted by Crippen LogP contribution is -2.10. The summed E-state index contributed by atoms with van der Waals surface area (Å²) >= 11 is 5.86. The maximum atomic E-state index is 5.86. The van der Waals surface area contributed by atoms with Gasteiger partial charge in [0.1, 0.15) is 11.6 Å². The Morgan fingerprint density at radius 2 is 2.07 bits per heavy atom. The van der Waals surface area contributed by atoms with Gasteiger partial charge in [-0.25, -0.2) is 0 Å². The third-order valence-corrected chi connectivity index (χ3v) is 3.49. The zero-order valence-corrected chi connectivity index (χ0v) is 10.5. The van der Waals surface area contributed by atoms with E-state index in [1.165, 1.54) is 6.42 Å². The van der Waals surface area contributed by atoms with E-state index < -0.39 is 0 Å². The van der Waals surface area contributed by atoms with Gasteiger partial charge in [-0.1, -0.05) is 13.8 Å². The number of aromatic nitrogens is 3. The molecule has 1 atom stereocenters. The Balaban J connectivity index is 2.36. The van der Waals surface area contributed by atoms with E-state index in [1.54, 1.807) is 0 Å². The van der Waals surface area contributed by atoms with Gasteiger partial charge in [0, 0.05) is 12.0 Å². The van der Waals surface area contributed by atoms with E-state index in [4.69, 9.17) is 11.6 Å². The van der Waals surface area contributed by atoms with Gasteiger partial charge in [-0.2, -0.15) is 0 Å². The van der Waals surface area contributed by atoms with Gasteiger partial charge in [0.25, 0.3) is 0 Å². The molecule has 3 nitrogen and oxygen atoms in total. The monoisotopic (exact) mass is 227 g/mol. The number of hydrogen-bond donors (Lipinski definition) is 0. The van der Waals surface area contributed by atoms with E-state index in [-0.39, 0.29) is 0 Å². The predicted molar refractivity (Wildman–Crippen MR) is 61.1 cm³/mol. The second-order valence-electron chi connectivity index (χ2n) is 5.32. The maximum absolute atomic E-state index is 5.86. The van der Waals surface area contributed by atoms with Crippen molar-refractivity contribution in [2.75, 3.05) is 0 Å². The molecule has 0 spiro atoms. The smallest absolute Gasteiger partial charge is 0.148 e. The lowest BCUT2D eigenvalue weighted by atomic mass is 10.1. The van der Waals surface area contributed by atoms with Crippen LogP contribution in [0.15, 0.2) is 0 Å². The van der Waals surface area contributed by atoms with Crippen molar-refractivity contribution in [2.45, 2.75) is 52.0 Å². The first-order chi connectivity index (χ1) is 6.97. The molecule has 1 fully saturated rings. The van der Waals surface area contributed by atoms with Gasteiger partial charge in [0.05, 0.1) is 5.88 Å². The summed E-state index contributed by atoms with van der Waals surface area (Å²) in [5.74, 6) is 3.01. The Hall–Kier alpha value is -0.570. The Bertz CT molecular complexity index is 368. The highest BCUT2D eigenvalue weighted by molar-refractivity contribution is 6.16. The minimum Gasteiger partial charge on any atom is -0.311 e.